The molecule has 1 aliphatic rings. The molecule has 0 bridgehead atoms. The van der Waals surface area contributed by atoms with E-state index in [-0.39, 0.29) is 11.5 Å². The number of aliphatic hydroxyl groups is 1. The van der Waals surface area contributed by atoms with E-state index in [1.807, 2.05) is 6.07 Å². The maximum atomic E-state index is 9.38. The van der Waals surface area contributed by atoms with Gasteiger partial charge in [-0.2, -0.15) is 0 Å². The molecule has 1 fully saturated rings. The fourth-order valence-corrected chi connectivity index (χ4v) is 2.36. The van der Waals surface area contributed by atoms with Gasteiger partial charge in [0.1, 0.15) is 0 Å². The van der Waals surface area contributed by atoms with E-state index in [2.05, 4.69) is 31.2 Å². The number of benzene rings is 1. The quantitative estimate of drug-likeness (QED) is 0.734. The van der Waals surface area contributed by atoms with Crippen molar-refractivity contribution in [1.29, 1.82) is 0 Å². The van der Waals surface area contributed by atoms with Crippen LogP contribution in [0.25, 0.3) is 0 Å². The van der Waals surface area contributed by atoms with Gasteiger partial charge in [-0.05, 0) is 30.2 Å². The first kappa shape index (κ1) is 8.76. The van der Waals surface area contributed by atoms with E-state index < -0.39 is 0 Å². The van der Waals surface area contributed by atoms with Crippen molar-refractivity contribution in [3.63, 3.8) is 0 Å². The second-order valence-corrected chi connectivity index (χ2v) is 4.06. The smallest absolute Gasteiger partial charge is 0.0557 e. The van der Waals surface area contributed by atoms with Crippen LogP contribution in [0.5, 0.6) is 0 Å². The Kier molecular flexibility index (Phi) is 2.12. The van der Waals surface area contributed by atoms with E-state index in [4.69, 9.17) is 0 Å². The van der Waals surface area contributed by atoms with Crippen molar-refractivity contribution in [2.45, 2.75) is 37.7 Å². The van der Waals surface area contributed by atoms with E-state index in [1.54, 1.807) is 0 Å². The zero-order chi connectivity index (χ0) is 9.31. The molecule has 2 rings (SSSR count). The summed E-state index contributed by atoms with van der Waals surface area (Å²) in [6.45, 7) is 2.21. The first-order valence-electron chi connectivity index (χ1n) is 5.00. The Labute approximate surface area is 79.4 Å². The molecule has 0 spiro atoms. The van der Waals surface area contributed by atoms with Crippen LogP contribution < -0.4 is 0 Å². The molecule has 1 heteroatoms. The van der Waals surface area contributed by atoms with Crippen LogP contribution in [0.1, 0.15) is 31.7 Å². The summed E-state index contributed by atoms with van der Waals surface area (Å²) < 4.78 is 0. The van der Waals surface area contributed by atoms with Crippen LogP contribution in [0.15, 0.2) is 30.3 Å². The topological polar surface area (TPSA) is 20.2 Å². The van der Waals surface area contributed by atoms with Crippen molar-refractivity contribution in [3.05, 3.63) is 35.9 Å². The van der Waals surface area contributed by atoms with Crippen LogP contribution >= 0.6 is 0 Å². The summed E-state index contributed by atoms with van der Waals surface area (Å²) in [5.74, 6) is 0. The second kappa shape index (κ2) is 3.15. The van der Waals surface area contributed by atoms with Crippen molar-refractivity contribution in [1.82, 2.24) is 0 Å². The van der Waals surface area contributed by atoms with E-state index in [0.29, 0.717) is 0 Å². The Morgan fingerprint density at radius 2 is 1.92 bits per heavy atom. The van der Waals surface area contributed by atoms with Crippen LogP contribution in [0.3, 0.4) is 0 Å². The minimum absolute atomic E-state index is 0.0693. The van der Waals surface area contributed by atoms with Crippen LogP contribution in [0, 0.1) is 0 Å². The zero-order valence-corrected chi connectivity index (χ0v) is 8.03. The van der Waals surface area contributed by atoms with E-state index >= 15 is 0 Å². The van der Waals surface area contributed by atoms with E-state index in [1.165, 1.54) is 5.56 Å². The lowest BCUT2D eigenvalue weighted by Crippen LogP contribution is -2.44. The summed E-state index contributed by atoms with van der Waals surface area (Å²) in [5, 5.41) is 9.38. The van der Waals surface area contributed by atoms with Crippen LogP contribution in [-0.4, -0.2) is 11.2 Å². The minimum Gasteiger partial charge on any atom is -0.393 e. The highest BCUT2D eigenvalue weighted by molar-refractivity contribution is 5.28. The summed E-state index contributed by atoms with van der Waals surface area (Å²) >= 11 is 0. The molecule has 1 saturated carbocycles. The molecule has 1 nitrogen and oxygen atoms in total. The molecular weight excluding hydrogens is 160 g/mol. The molecular formula is C12H16O. The molecule has 1 aromatic carbocycles. The molecule has 0 atom stereocenters. The number of aliphatic hydroxyl groups excluding tert-OH is 1. The van der Waals surface area contributed by atoms with Gasteiger partial charge in [0, 0.05) is 0 Å². The summed E-state index contributed by atoms with van der Waals surface area (Å²) in [6, 6.07) is 10.6. The normalized spacial score (nSPS) is 32.6. The summed E-state index contributed by atoms with van der Waals surface area (Å²) in [4.78, 5) is 0. The first-order valence-corrected chi connectivity index (χ1v) is 5.00. The fourth-order valence-electron chi connectivity index (χ4n) is 2.36. The molecule has 0 aromatic heterocycles. The van der Waals surface area contributed by atoms with Crippen molar-refractivity contribution >= 4 is 0 Å². The molecule has 0 saturated heterocycles. The second-order valence-electron chi connectivity index (χ2n) is 4.06. The molecule has 0 unspecified atom stereocenters. The Balaban J connectivity index is 2.24. The van der Waals surface area contributed by atoms with Gasteiger partial charge in [0.05, 0.1) is 6.10 Å². The minimum atomic E-state index is -0.0693. The van der Waals surface area contributed by atoms with Gasteiger partial charge in [0.25, 0.3) is 0 Å². The lowest BCUT2D eigenvalue weighted by molar-refractivity contribution is 0.0156. The fraction of sp³-hybridized carbons (Fsp3) is 0.500. The van der Waals surface area contributed by atoms with Crippen LogP contribution in [0.4, 0.5) is 0 Å². The third-order valence-corrected chi connectivity index (χ3v) is 3.32. The Morgan fingerprint density at radius 3 is 2.38 bits per heavy atom. The summed E-state index contributed by atoms with van der Waals surface area (Å²) in [7, 11) is 0. The molecule has 1 aromatic rings. The first-order chi connectivity index (χ1) is 6.27. The molecule has 1 aliphatic carbocycles. The standard InChI is InChI=1S/C12H16O/c1-2-12(8-11(13)9-12)10-6-4-3-5-7-10/h3-7,11,13H,2,8-9H2,1H3. The van der Waals surface area contributed by atoms with Gasteiger partial charge in [-0.25, -0.2) is 0 Å². The predicted molar refractivity (Wildman–Crippen MR) is 53.7 cm³/mol. The largest absolute Gasteiger partial charge is 0.393 e. The average molecular weight is 176 g/mol. The molecule has 0 radical (unpaired) electrons. The van der Waals surface area contributed by atoms with Gasteiger partial charge >= 0.3 is 0 Å². The van der Waals surface area contributed by atoms with Crippen molar-refractivity contribution < 1.29 is 5.11 Å². The lowest BCUT2D eigenvalue weighted by atomic mass is 9.61. The molecule has 13 heavy (non-hydrogen) atoms. The maximum absolute atomic E-state index is 9.38. The summed E-state index contributed by atoms with van der Waals surface area (Å²) in [5.41, 5.74) is 1.67. The Hall–Kier alpha value is -0.820. The lowest BCUT2D eigenvalue weighted by Gasteiger charge is -2.45. The van der Waals surface area contributed by atoms with Crippen molar-refractivity contribution in [3.8, 4) is 0 Å². The summed E-state index contributed by atoms with van der Waals surface area (Å²) in [6.07, 6.45) is 2.94. The zero-order valence-electron chi connectivity index (χ0n) is 8.03. The maximum Gasteiger partial charge on any atom is 0.0557 e. The molecule has 70 valence electrons. The third-order valence-electron chi connectivity index (χ3n) is 3.32. The third kappa shape index (κ3) is 1.37. The SMILES string of the molecule is CCC1(c2ccccc2)CC(O)C1. The Morgan fingerprint density at radius 1 is 1.31 bits per heavy atom. The van der Waals surface area contributed by atoms with Gasteiger partial charge in [0.15, 0.2) is 0 Å². The van der Waals surface area contributed by atoms with E-state index in [9.17, 15) is 5.11 Å². The van der Waals surface area contributed by atoms with Crippen molar-refractivity contribution in [2.24, 2.45) is 0 Å². The molecule has 0 aliphatic heterocycles. The number of rotatable bonds is 2. The van der Waals surface area contributed by atoms with Gasteiger partial charge in [-0.1, -0.05) is 37.3 Å². The molecule has 0 amide bonds. The average Bonchev–Trinajstić information content (AvgIpc) is 2.14. The predicted octanol–water partition coefficient (Wildman–Crippen LogP) is 2.49. The van der Waals surface area contributed by atoms with Crippen molar-refractivity contribution in [2.75, 3.05) is 0 Å². The van der Waals surface area contributed by atoms with Crippen LogP contribution in [-0.2, 0) is 5.41 Å². The van der Waals surface area contributed by atoms with E-state index in [0.717, 1.165) is 19.3 Å². The van der Waals surface area contributed by atoms with Gasteiger partial charge < -0.3 is 5.11 Å². The number of hydrogen-bond donors (Lipinski definition) is 1. The highest BCUT2D eigenvalue weighted by atomic mass is 16.3. The monoisotopic (exact) mass is 176 g/mol. The van der Waals surface area contributed by atoms with Gasteiger partial charge in [0.2, 0.25) is 0 Å². The van der Waals surface area contributed by atoms with Gasteiger partial charge in [-0.3, -0.25) is 0 Å². The molecule has 0 heterocycles. The Bertz CT molecular complexity index is 272. The highest BCUT2D eigenvalue weighted by Gasteiger charge is 2.42. The van der Waals surface area contributed by atoms with Gasteiger partial charge in [-0.15, -0.1) is 0 Å². The number of hydrogen-bond acceptors (Lipinski definition) is 1. The highest BCUT2D eigenvalue weighted by Crippen LogP contribution is 2.46. The van der Waals surface area contributed by atoms with Crippen LogP contribution in [0.2, 0.25) is 0 Å². The molecule has 1 N–H and O–H groups in total.